The van der Waals surface area contributed by atoms with Crippen LogP contribution in [0.25, 0.3) is 0 Å². The number of carbonyl (C=O) groups is 1. The fourth-order valence-corrected chi connectivity index (χ4v) is 4.71. The lowest BCUT2D eigenvalue weighted by atomic mass is 9.78. The maximum absolute atomic E-state index is 13.3. The zero-order valence-electron chi connectivity index (χ0n) is 17.2. The van der Waals surface area contributed by atoms with Gasteiger partial charge in [-0.3, -0.25) is 9.69 Å². The summed E-state index contributed by atoms with van der Waals surface area (Å²) >= 11 is 5.75. The van der Waals surface area contributed by atoms with E-state index < -0.39 is 11.6 Å². The molecule has 1 saturated heterocycles. The molecule has 2 heterocycles. The van der Waals surface area contributed by atoms with Gasteiger partial charge in [0.25, 0.3) is 0 Å². The predicted molar refractivity (Wildman–Crippen MR) is 116 cm³/mol. The largest absolute Gasteiger partial charge is 0.497 e. The zero-order valence-corrected chi connectivity index (χ0v) is 18.0. The highest BCUT2D eigenvalue weighted by atomic mass is 32.1. The van der Waals surface area contributed by atoms with Crippen LogP contribution in [0.3, 0.4) is 0 Å². The van der Waals surface area contributed by atoms with Gasteiger partial charge in [0.05, 0.1) is 18.8 Å². The van der Waals surface area contributed by atoms with Crippen molar-refractivity contribution < 1.29 is 14.3 Å². The van der Waals surface area contributed by atoms with Crippen LogP contribution in [0, 0.1) is 12.8 Å². The van der Waals surface area contributed by atoms with Crippen LogP contribution >= 0.6 is 12.2 Å². The van der Waals surface area contributed by atoms with Gasteiger partial charge in [-0.05, 0) is 44.3 Å². The summed E-state index contributed by atoms with van der Waals surface area (Å²) in [6.07, 6.45) is 0. The first-order valence-corrected chi connectivity index (χ1v) is 9.92. The average Bonchev–Trinajstić information content (AvgIpc) is 2.67. The molecular formula is C22H25N3O3S. The van der Waals surface area contributed by atoms with Crippen LogP contribution in [-0.2, 0) is 4.79 Å². The fraction of sp³-hybridized carbons (Fsp3) is 0.364. The monoisotopic (exact) mass is 411 g/mol. The van der Waals surface area contributed by atoms with E-state index in [1.54, 1.807) is 26.1 Å². The Morgan fingerprint density at radius 1 is 1.28 bits per heavy atom. The summed E-state index contributed by atoms with van der Waals surface area (Å²) in [6, 6.07) is 13.4. The number of carbonyl (C=O) groups excluding carboxylic acids is 1. The first-order valence-electron chi connectivity index (χ1n) is 9.52. The summed E-state index contributed by atoms with van der Waals surface area (Å²) in [5.74, 6) is 0.949. The average molecular weight is 412 g/mol. The minimum Gasteiger partial charge on any atom is -0.497 e. The van der Waals surface area contributed by atoms with Crippen molar-refractivity contribution in [3.8, 4) is 11.5 Å². The summed E-state index contributed by atoms with van der Waals surface area (Å²) in [5, 5.41) is 3.93. The minimum atomic E-state index is -0.997. The second-order valence-electron chi connectivity index (χ2n) is 7.87. The fourth-order valence-electron chi connectivity index (χ4n) is 4.30. The van der Waals surface area contributed by atoms with Crippen molar-refractivity contribution in [2.75, 3.05) is 26.1 Å². The predicted octanol–water partition coefficient (Wildman–Crippen LogP) is 3.25. The highest BCUT2D eigenvalue weighted by Gasteiger charge is 2.59. The molecule has 7 heteroatoms. The third-order valence-electron chi connectivity index (χ3n) is 5.67. The number of anilines is 1. The van der Waals surface area contributed by atoms with Gasteiger partial charge in [-0.15, -0.1) is 0 Å². The molecule has 1 fully saturated rings. The molecule has 29 heavy (non-hydrogen) atoms. The molecule has 152 valence electrons. The second-order valence-corrected chi connectivity index (χ2v) is 8.26. The van der Waals surface area contributed by atoms with Crippen molar-refractivity contribution in [2.24, 2.45) is 5.92 Å². The van der Waals surface area contributed by atoms with E-state index in [1.807, 2.05) is 55.1 Å². The van der Waals surface area contributed by atoms with E-state index in [1.165, 1.54) is 0 Å². The van der Waals surface area contributed by atoms with E-state index in [9.17, 15) is 4.79 Å². The SMILES string of the molecule is COc1cccc(N2C(=S)N[C@H]3c4cc(C)ccc4O[C@@]2(C)[C@@H]3C(=O)N(C)C)c1. The molecule has 3 atom stereocenters. The number of benzene rings is 2. The van der Waals surface area contributed by atoms with E-state index in [-0.39, 0.29) is 11.9 Å². The molecule has 0 aliphatic carbocycles. The molecule has 6 nitrogen and oxygen atoms in total. The molecular weight excluding hydrogens is 386 g/mol. The molecule has 4 rings (SSSR count). The second kappa shape index (κ2) is 6.91. The Hall–Kier alpha value is -2.80. The molecule has 1 N–H and O–H groups in total. The summed E-state index contributed by atoms with van der Waals surface area (Å²) in [6.45, 7) is 3.96. The smallest absolute Gasteiger partial charge is 0.233 e. The molecule has 1 amide bonds. The molecule has 0 spiro atoms. The van der Waals surface area contributed by atoms with Crippen molar-refractivity contribution >= 4 is 28.9 Å². The van der Waals surface area contributed by atoms with Gasteiger partial charge in [0.2, 0.25) is 5.91 Å². The molecule has 2 aliphatic heterocycles. The van der Waals surface area contributed by atoms with Crippen LogP contribution in [0.2, 0.25) is 0 Å². The van der Waals surface area contributed by atoms with E-state index in [4.69, 9.17) is 21.7 Å². The number of nitrogens with zero attached hydrogens (tertiary/aromatic N) is 2. The quantitative estimate of drug-likeness (QED) is 0.783. The van der Waals surface area contributed by atoms with Crippen molar-refractivity contribution in [3.63, 3.8) is 0 Å². The van der Waals surface area contributed by atoms with Gasteiger partial charge in [-0.25, -0.2) is 0 Å². The molecule has 2 aromatic carbocycles. The van der Waals surface area contributed by atoms with Gasteiger partial charge in [0, 0.05) is 25.7 Å². The number of nitrogens with one attached hydrogen (secondary N) is 1. The van der Waals surface area contributed by atoms with E-state index in [0.717, 1.165) is 22.6 Å². The number of rotatable bonds is 3. The Balaban J connectivity index is 1.91. The lowest BCUT2D eigenvalue weighted by Crippen LogP contribution is -2.72. The van der Waals surface area contributed by atoms with Crippen LogP contribution in [0.1, 0.15) is 24.1 Å². The van der Waals surface area contributed by atoms with Crippen molar-refractivity contribution in [2.45, 2.75) is 25.6 Å². The van der Waals surface area contributed by atoms with Crippen LogP contribution in [0.15, 0.2) is 42.5 Å². The minimum absolute atomic E-state index is 0.0208. The number of amides is 1. The number of methoxy groups -OCH3 is 1. The van der Waals surface area contributed by atoms with Crippen molar-refractivity contribution in [1.29, 1.82) is 0 Å². The van der Waals surface area contributed by atoms with Gasteiger partial charge < -0.3 is 19.7 Å². The van der Waals surface area contributed by atoms with Crippen molar-refractivity contribution in [1.82, 2.24) is 10.2 Å². The third-order valence-corrected chi connectivity index (χ3v) is 5.97. The van der Waals surface area contributed by atoms with Crippen LogP contribution in [0.5, 0.6) is 11.5 Å². The number of hydrogen-bond donors (Lipinski definition) is 1. The number of hydrogen-bond acceptors (Lipinski definition) is 4. The molecule has 0 unspecified atom stereocenters. The summed E-state index contributed by atoms with van der Waals surface area (Å²) in [5.41, 5.74) is 1.86. The number of fused-ring (bicyclic) bond motifs is 4. The number of thiocarbonyl (C=S) groups is 1. The molecule has 2 aromatic rings. The molecule has 0 radical (unpaired) electrons. The van der Waals surface area contributed by atoms with Gasteiger partial charge in [-0.2, -0.15) is 0 Å². The Bertz CT molecular complexity index is 993. The Morgan fingerprint density at radius 3 is 2.72 bits per heavy atom. The normalized spacial score (nSPS) is 24.9. The standard InChI is InChI=1S/C22H25N3O3S/c1-13-9-10-17-16(11-13)19-18(20(26)24(3)4)22(2,28-17)25(21(29)23-19)14-7-6-8-15(12-14)27-5/h6-12,18-19H,1-5H3,(H,23,29)/t18-,19-,22-/m0/s1. The van der Waals surface area contributed by atoms with Crippen molar-refractivity contribution in [3.05, 3.63) is 53.6 Å². The topological polar surface area (TPSA) is 54.0 Å². The molecule has 2 aliphatic rings. The first kappa shape index (κ1) is 19.5. The summed E-state index contributed by atoms with van der Waals surface area (Å²) in [7, 11) is 5.15. The van der Waals surface area contributed by atoms with Gasteiger partial charge in [-0.1, -0.05) is 23.8 Å². The maximum Gasteiger partial charge on any atom is 0.233 e. The molecule has 0 aromatic heterocycles. The lowest BCUT2D eigenvalue weighted by molar-refractivity contribution is -0.144. The van der Waals surface area contributed by atoms with E-state index in [2.05, 4.69) is 11.4 Å². The molecule has 2 bridgehead atoms. The van der Waals surface area contributed by atoms with Crippen LogP contribution in [0.4, 0.5) is 5.69 Å². The maximum atomic E-state index is 13.3. The van der Waals surface area contributed by atoms with E-state index >= 15 is 0 Å². The zero-order chi connectivity index (χ0) is 20.9. The van der Waals surface area contributed by atoms with Crippen LogP contribution in [-0.4, -0.2) is 42.8 Å². The number of ether oxygens (including phenoxy) is 2. The first-order chi connectivity index (χ1) is 13.8. The Labute approximate surface area is 176 Å². The Kier molecular flexibility index (Phi) is 4.65. The van der Waals surface area contributed by atoms with Gasteiger partial charge in [0.1, 0.15) is 17.4 Å². The Morgan fingerprint density at radius 2 is 2.03 bits per heavy atom. The summed E-state index contributed by atoms with van der Waals surface area (Å²) in [4.78, 5) is 16.8. The van der Waals surface area contributed by atoms with Crippen LogP contribution < -0.4 is 19.7 Å². The highest BCUT2D eigenvalue weighted by molar-refractivity contribution is 7.80. The van der Waals surface area contributed by atoms with Gasteiger partial charge in [0.15, 0.2) is 10.8 Å². The molecule has 0 saturated carbocycles. The highest BCUT2D eigenvalue weighted by Crippen LogP contribution is 2.50. The number of aryl methyl sites for hydroxylation is 1. The van der Waals surface area contributed by atoms with Gasteiger partial charge >= 0.3 is 0 Å². The summed E-state index contributed by atoms with van der Waals surface area (Å²) < 4.78 is 11.9. The third kappa shape index (κ3) is 3.00. The lowest BCUT2D eigenvalue weighted by Gasteiger charge is -2.56. The van der Waals surface area contributed by atoms with E-state index in [0.29, 0.717) is 10.9 Å².